The summed E-state index contributed by atoms with van der Waals surface area (Å²) in [6.07, 6.45) is 1.84. The molecule has 1 aromatic rings. The molecular weight excluding hydrogens is 274 g/mol. The number of carbonyl (C=O) groups is 2. The Hall–Kier alpha value is -1.36. The maximum atomic E-state index is 12.3. The third-order valence-electron chi connectivity index (χ3n) is 4.16. The number of rotatable bonds is 6. The van der Waals surface area contributed by atoms with Crippen molar-refractivity contribution in [2.45, 2.75) is 39.7 Å². The molecule has 0 saturated heterocycles. The van der Waals surface area contributed by atoms with Crippen LogP contribution in [0.25, 0.3) is 0 Å². The van der Waals surface area contributed by atoms with Gasteiger partial charge < -0.3 is 10.4 Å². The van der Waals surface area contributed by atoms with Crippen LogP contribution in [-0.4, -0.2) is 17.0 Å². The molecule has 0 bridgehead atoms. The summed E-state index contributed by atoms with van der Waals surface area (Å²) in [6, 6.07) is 3.98. The van der Waals surface area contributed by atoms with Crippen LogP contribution in [0, 0.1) is 17.3 Å². The summed E-state index contributed by atoms with van der Waals surface area (Å²) in [6.45, 7) is 5.76. The summed E-state index contributed by atoms with van der Waals surface area (Å²) in [4.78, 5) is 24.6. The quantitative estimate of drug-likeness (QED) is 0.847. The van der Waals surface area contributed by atoms with Crippen molar-refractivity contribution in [1.82, 2.24) is 5.32 Å². The molecule has 2 rings (SSSR count). The number of amides is 1. The fourth-order valence-electron chi connectivity index (χ4n) is 2.91. The van der Waals surface area contributed by atoms with E-state index in [0.717, 1.165) is 17.7 Å². The van der Waals surface area contributed by atoms with Crippen LogP contribution in [0.5, 0.6) is 0 Å². The number of carbonyl (C=O) groups excluding carboxylic acids is 1. The minimum absolute atomic E-state index is 0.00153. The Labute approximate surface area is 123 Å². The van der Waals surface area contributed by atoms with Gasteiger partial charge in [-0.25, -0.2) is 0 Å². The number of aliphatic carboxylic acids is 1. The molecular formula is C15H21NO3S. The molecule has 2 N–H and O–H groups in total. The van der Waals surface area contributed by atoms with Crippen LogP contribution >= 0.6 is 11.3 Å². The largest absolute Gasteiger partial charge is 0.481 e. The van der Waals surface area contributed by atoms with E-state index in [2.05, 4.69) is 12.2 Å². The van der Waals surface area contributed by atoms with E-state index in [1.807, 2.05) is 31.4 Å². The van der Waals surface area contributed by atoms with Crippen molar-refractivity contribution in [3.05, 3.63) is 22.4 Å². The van der Waals surface area contributed by atoms with Crippen LogP contribution in [0.4, 0.5) is 0 Å². The molecule has 110 valence electrons. The second kappa shape index (κ2) is 5.56. The molecule has 5 heteroatoms. The number of carboxylic acids is 1. The van der Waals surface area contributed by atoms with Crippen LogP contribution in [0.3, 0.4) is 0 Å². The molecule has 1 amide bonds. The highest BCUT2D eigenvalue weighted by molar-refractivity contribution is 7.10. The Morgan fingerprint density at radius 2 is 2.15 bits per heavy atom. The third kappa shape index (κ3) is 2.73. The fraction of sp³-hybridized carbons (Fsp3) is 0.600. The minimum atomic E-state index is -0.877. The molecule has 1 aromatic heterocycles. The summed E-state index contributed by atoms with van der Waals surface area (Å²) in [7, 11) is 0. The highest BCUT2D eigenvalue weighted by Gasteiger charge is 2.66. The molecule has 1 aliphatic rings. The first-order chi connectivity index (χ1) is 9.39. The average Bonchev–Trinajstić information content (AvgIpc) is 2.77. The highest BCUT2D eigenvalue weighted by atomic mass is 32.1. The van der Waals surface area contributed by atoms with Gasteiger partial charge in [-0.1, -0.05) is 33.3 Å². The van der Waals surface area contributed by atoms with Crippen molar-refractivity contribution in [3.63, 3.8) is 0 Å². The molecule has 1 unspecified atom stereocenters. The van der Waals surface area contributed by atoms with E-state index in [-0.39, 0.29) is 11.9 Å². The summed E-state index contributed by atoms with van der Waals surface area (Å²) in [5.41, 5.74) is -0.442. The first kappa shape index (κ1) is 15.0. The molecule has 1 fully saturated rings. The molecule has 1 aliphatic carbocycles. The predicted octanol–water partition coefficient (Wildman–Crippen LogP) is 3.06. The van der Waals surface area contributed by atoms with Crippen molar-refractivity contribution < 1.29 is 14.7 Å². The van der Waals surface area contributed by atoms with E-state index in [1.54, 1.807) is 11.3 Å². The zero-order valence-corrected chi connectivity index (χ0v) is 12.9. The standard InChI is InChI=1S/C15H21NO3S/c1-4-6-9(10-7-5-8-20-10)16-13(17)11-12(14(18)19)15(11,2)3/h5,7-9,11-12H,4,6H2,1-3H3,(H,16,17)(H,18,19)/t9?,11-,12+/m1/s1. The fourth-order valence-corrected chi connectivity index (χ4v) is 3.73. The van der Waals surface area contributed by atoms with Crippen molar-refractivity contribution in [1.29, 1.82) is 0 Å². The van der Waals surface area contributed by atoms with E-state index in [9.17, 15) is 9.59 Å². The molecule has 3 atom stereocenters. The lowest BCUT2D eigenvalue weighted by molar-refractivity contribution is -0.140. The molecule has 20 heavy (non-hydrogen) atoms. The Kier molecular flexibility index (Phi) is 4.18. The van der Waals surface area contributed by atoms with Gasteiger partial charge in [0.05, 0.1) is 17.9 Å². The third-order valence-corrected chi connectivity index (χ3v) is 5.14. The van der Waals surface area contributed by atoms with Crippen molar-refractivity contribution >= 4 is 23.2 Å². The lowest BCUT2D eigenvalue weighted by atomic mass is 10.1. The monoisotopic (exact) mass is 295 g/mol. The van der Waals surface area contributed by atoms with Gasteiger partial charge in [0, 0.05) is 4.88 Å². The topological polar surface area (TPSA) is 66.4 Å². The van der Waals surface area contributed by atoms with Crippen LogP contribution in [0.2, 0.25) is 0 Å². The Balaban J connectivity index is 2.05. The van der Waals surface area contributed by atoms with Gasteiger partial charge in [-0.05, 0) is 23.3 Å². The van der Waals surface area contributed by atoms with Gasteiger partial charge in [-0.3, -0.25) is 9.59 Å². The zero-order valence-electron chi connectivity index (χ0n) is 12.1. The Morgan fingerprint density at radius 1 is 1.45 bits per heavy atom. The molecule has 0 spiro atoms. The number of thiophene rings is 1. The van der Waals surface area contributed by atoms with Crippen molar-refractivity contribution in [2.24, 2.45) is 17.3 Å². The number of hydrogen-bond acceptors (Lipinski definition) is 3. The van der Waals surface area contributed by atoms with Crippen molar-refractivity contribution in [2.75, 3.05) is 0 Å². The summed E-state index contributed by atoms with van der Waals surface area (Å²) in [5.74, 6) is -1.99. The lowest BCUT2D eigenvalue weighted by Crippen LogP contribution is -2.31. The van der Waals surface area contributed by atoms with Crippen LogP contribution in [0.15, 0.2) is 17.5 Å². The van der Waals surface area contributed by atoms with Gasteiger partial charge in [-0.15, -0.1) is 11.3 Å². The second-order valence-electron chi connectivity index (χ2n) is 5.98. The predicted molar refractivity (Wildman–Crippen MR) is 78.5 cm³/mol. The van der Waals surface area contributed by atoms with Crippen LogP contribution in [0.1, 0.15) is 44.5 Å². The lowest BCUT2D eigenvalue weighted by Gasteiger charge is -2.17. The number of hydrogen-bond donors (Lipinski definition) is 2. The molecule has 1 saturated carbocycles. The first-order valence-electron chi connectivity index (χ1n) is 6.96. The van der Waals surface area contributed by atoms with Gasteiger partial charge in [0.1, 0.15) is 0 Å². The molecule has 0 aromatic carbocycles. The number of nitrogens with one attached hydrogen (secondary N) is 1. The van der Waals surface area contributed by atoms with Gasteiger partial charge in [0.25, 0.3) is 0 Å². The highest BCUT2D eigenvalue weighted by Crippen LogP contribution is 2.58. The maximum Gasteiger partial charge on any atom is 0.307 e. The Morgan fingerprint density at radius 3 is 2.60 bits per heavy atom. The van der Waals surface area contributed by atoms with E-state index in [4.69, 9.17) is 5.11 Å². The summed E-state index contributed by atoms with van der Waals surface area (Å²) < 4.78 is 0. The van der Waals surface area contributed by atoms with Gasteiger partial charge >= 0.3 is 5.97 Å². The van der Waals surface area contributed by atoms with Gasteiger partial charge in [-0.2, -0.15) is 0 Å². The smallest absolute Gasteiger partial charge is 0.307 e. The normalized spacial score (nSPS) is 24.9. The summed E-state index contributed by atoms with van der Waals surface area (Å²) in [5, 5.41) is 14.2. The molecule has 4 nitrogen and oxygen atoms in total. The van der Waals surface area contributed by atoms with Gasteiger partial charge in [0.15, 0.2) is 0 Å². The van der Waals surface area contributed by atoms with Gasteiger partial charge in [0.2, 0.25) is 5.91 Å². The van der Waals surface area contributed by atoms with Crippen LogP contribution < -0.4 is 5.32 Å². The first-order valence-corrected chi connectivity index (χ1v) is 7.84. The van der Waals surface area contributed by atoms with E-state index < -0.39 is 23.2 Å². The maximum absolute atomic E-state index is 12.3. The number of carboxylic acid groups (broad SMARTS) is 1. The zero-order chi connectivity index (χ0) is 14.9. The Bertz CT molecular complexity index is 495. The van der Waals surface area contributed by atoms with E-state index in [0.29, 0.717) is 0 Å². The van der Waals surface area contributed by atoms with Crippen LogP contribution in [-0.2, 0) is 9.59 Å². The molecule has 1 heterocycles. The summed E-state index contributed by atoms with van der Waals surface area (Å²) >= 11 is 1.62. The SMILES string of the molecule is CCCC(NC(=O)[C@H]1[C@@H](C(=O)O)C1(C)C)c1cccs1. The van der Waals surface area contributed by atoms with E-state index >= 15 is 0 Å². The molecule has 0 radical (unpaired) electrons. The average molecular weight is 295 g/mol. The second-order valence-corrected chi connectivity index (χ2v) is 6.96. The van der Waals surface area contributed by atoms with Crippen molar-refractivity contribution in [3.8, 4) is 0 Å². The minimum Gasteiger partial charge on any atom is -0.481 e. The molecule has 0 aliphatic heterocycles. The van der Waals surface area contributed by atoms with E-state index in [1.165, 1.54) is 0 Å².